The molecule has 6 heteroatoms. The molecular formula is C12H20N2O4. The van der Waals surface area contributed by atoms with Crippen LogP contribution in [0.25, 0.3) is 0 Å². The van der Waals surface area contributed by atoms with Gasteiger partial charge in [0.15, 0.2) is 0 Å². The van der Waals surface area contributed by atoms with E-state index < -0.39 is 12.0 Å². The van der Waals surface area contributed by atoms with E-state index in [1.807, 2.05) is 6.92 Å². The van der Waals surface area contributed by atoms with Crippen molar-refractivity contribution < 1.29 is 19.4 Å². The Bertz CT molecular complexity index is 337. The molecule has 1 aliphatic carbocycles. The summed E-state index contributed by atoms with van der Waals surface area (Å²) in [5.74, 6) is -0.858. The highest BCUT2D eigenvalue weighted by Crippen LogP contribution is 2.33. The van der Waals surface area contributed by atoms with E-state index in [9.17, 15) is 9.59 Å². The van der Waals surface area contributed by atoms with Crippen LogP contribution in [0.2, 0.25) is 0 Å². The molecule has 1 saturated heterocycles. The van der Waals surface area contributed by atoms with Gasteiger partial charge in [0.05, 0.1) is 5.60 Å². The molecule has 0 unspecified atom stereocenters. The van der Waals surface area contributed by atoms with E-state index in [-0.39, 0.29) is 18.1 Å². The molecule has 0 aromatic rings. The van der Waals surface area contributed by atoms with Crippen molar-refractivity contribution in [3.05, 3.63) is 0 Å². The summed E-state index contributed by atoms with van der Waals surface area (Å²) in [4.78, 5) is 22.6. The number of rotatable bonds is 7. The molecule has 0 bridgehead atoms. The standard InChI is InChI=1S/C12H20N2O4/c1-12(6-13-7-12)18-5-10(15)14-9(11(16)17)4-8-2-3-8/h8-9,13H,2-7H2,1H3,(H,14,15)(H,16,17)/t9-/m0/s1. The molecule has 6 nitrogen and oxygen atoms in total. The van der Waals surface area contributed by atoms with E-state index in [2.05, 4.69) is 10.6 Å². The van der Waals surface area contributed by atoms with Crippen LogP contribution in [-0.2, 0) is 14.3 Å². The van der Waals surface area contributed by atoms with E-state index >= 15 is 0 Å². The Labute approximate surface area is 106 Å². The lowest BCUT2D eigenvalue weighted by atomic mass is 10.0. The quantitative estimate of drug-likeness (QED) is 0.584. The number of ether oxygens (including phenoxy) is 1. The molecular weight excluding hydrogens is 236 g/mol. The minimum Gasteiger partial charge on any atom is -0.480 e. The van der Waals surface area contributed by atoms with Crippen molar-refractivity contribution in [2.45, 2.75) is 37.8 Å². The first-order valence-corrected chi connectivity index (χ1v) is 6.35. The van der Waals surface area contributed by atoms with Crippen LogP contribution in [0.1, 0.15) is 26.2 Å². The Kier molecular flexibility index (Phi) is 3.87. The second kappa shape index (κ2) is 5.24. The summed E-state index contributed by atoms with van der Waals surface area (Å²) in [5.41, 5.74) is -0.285. The van der Waals surface area contributed by atoms with Crippen molar-refractivity contribution in [2.75, 3.05) is 19.7 Å². The Morgan fingerprint density at radius 3 is 2.61 bits per heavy atom. The lowest BCUT2D eigenvalue weighted by Gasteiger charge is -2.38. The maximum absolute atomic E-state index is 11.6. The summed E-state index contributed by atoms with van der Waals surface area (Å²) in [6.45, 7) is 3.30. The molecule has 1 aliphatic heterocycles. The van der Waals surface area contributed by atoms with Gasteiger partial charge in [0.2, 0.25) is 5.91 Å². The fourth-order valence-corrected chi connectivity index (χ4v) is 1.96. The van der Waals surface area contributed by atoms with Gasteiger partial charge < -0.3 is 20.5 Å². The molecule has 0 aromatic heterocycles. The zero-order chi connectivity index (χ0) is 13.2. The number of hydrogen-bond donors (Lipinski definition) is 3. The second-order valence-electron chi connectivity index (χ2n) is 5.48. The summed E-state index contributed by atoms with van der Waals surface area (Å²) in [6, 6.07) is -0.777. The monoisotopic (exact) mass is 256 g/mol. The van der Waals surface area contributed by atoms with Crippen LogP contribution >= 0.6 is 0 Å². The fourth-order valence-electron chi connectivity index (χ4n) is 1.96. The first-order valence-electron chi connectivity index (χ1n) is 6.35. The number of carbonyl (C=O) groups is 2. The molecule has 1 saturated carbocycles. The van der Waals surface area contributed by atoms with Crippen LogP contribution < -0.4 is 10.6 Å². The molecule has 3 N–H and O–H groups in total. The third-order valence-electron chi connectivity index (χ3n) is 3.45. The number of nitrogens with one attached hydrogen (secondary N) is 2. The maximum atomic E-state index is 11.6. The van der Waals surface area contributed by atoms with Crippen LogP contribution in [0.15, 0.2) is 0 Å². The fraction of sp³-hybridized carbons (Fsp3) is 0.833. The first kappa shape index (κ1) is 13.3. The molecule has 2 rings (SSSR count). The number of amides is 1. The average molecular weight is 256 g/mol. The van der Waals surface area contributed by atoms with Crippen LogP contribution in [0.5, 0.6) is 0 Å². The van der Waals surface area contributed by atoms with Crippen molar-refractivity contribution in [3.63, 3.8) is 0 Å². The topological polar surface area (TPSA) is 87.7 Å². The maximum Gasteiger partial charge on any atom is 0.326 e. The van der Waals surface area contributed by atoms with Crippen molar-refractivity contribution in [3.8, 4) is 0 Å². The van der Waals surface area contributed by atoms with Crippen LogP contribution in [0, 0.1) is 5.92 Å². The minimum atomic E-state index is -0.966. The van der Waals surface area contributed by atoms with E-state index in [0.717, 1.165) is 25.9 Å². The van der Waals surface area contributed by atoms with Gasteiger partial charge >= 0.3 is 5.97 Å². The largest absolute Gasteiger partial charge is 0.480 e. The van der Waals surface area contributed by atoms with Gasteiger partial charge in [-0.25, -0.2) is 4.79 Å². The zero-order valence-corrected chi connectivity index (χ0v) is 10.6. The molecule has 102 valence electrons. The van der Waals surface area contributed by atoms with E-state index in [1.54, 1.807) is 0 Å². The summed E-state index contributed by atoms with van der Waals surface area (Å²) in [6.07, 6.45) is 2.67. The Morgan fingerprint density at radius 2 is 2.17 bits per heavy atom. The number of carbonyl (C=O) groups excluding carboxylic acids is 1. The molecule has 1 heterocycles. The second-order valence-corrected chi connectivity index (χ2v) is 5.48. The molecule has 2 aliphatic rings. The molecule has 2 fully saturated rings. The van der Waals surface area contributed by atoms with Gasteiger partial charge in [-0.15, -0.1) is 0 Å². The number of aliphatic carboxylic acids is 1. The average Bonchev–Trinajstić information content (AvgIpc) is 3.06. The van der Waals surface area contributed by atoms with Gasteiger partial charge in [-0.2, -0.15) is 0 Å². The predicted molar refractivity (Wildman–Crippen MR) is 64.1 cm³/mol. The van der Waals surface area contributed by atoms with Gasteiger partial charge in [-0.05, 0) is 19.3 Å². The van der Waals surface area contributed by atoms with Gasteiger partial charge in [0, 0.05) is 13.1 Å². The molecule has 0 spiro atoms. The Hall–Kier alpha value is -1.14. The first-order chi connectivity index (χ1) is 8.48. The lowest BCUT2D eigenvalue weighted by molar-refractivity contribution is -0.145. The van der Waals surface area contributed by atoms with E-state index in [4.69, 9.17) is 9.84 Å². The zero-order valence-electron chi connectivity index (χ0n) is 10.6. The van der Waals surface area contributed by atoms with E-state index in [1.165, 1.54) is 0 Å². The molecule has 1 amide bonds. The number of carboxylic acid groups (broad SMARTS) is 1. The van der Waals surface area contributed by atoms with Crippen molar-refractivity contribution in [2.24, 2.45) is 5.92 Å². The van der Waals surface area contributed by atoms with Gasteiger partial charge in [-0.3, -0.25) is 4.79 Å². The molecule has 18 heavy (non-hydrogen) atoms. The van der Waals surface area contributed by atoms with E-state index in [0.29, 0.717) is 12.3 Å². The molecule has 0 aromatic carbocycles. The minimum absolute atomic E-state index is 0.0768. The van der Waals surface area contributed by atoms with Crippen LogP contribution in [0.4, 0.5) is 0 Å². The highest BCUT2D eigenvalue weighted by molar-refractivity contribution is 5.84. The van der Waals surface area contributed by atoms with Crippen molar-refractivity contribution in [1.29, 1.82) is 0 Å². The molecule has 0 radical (unpaired) electrons. The number of carboxylic acids is 1. The third-order valence-corrected chi connectivity index (χ3v) is 3.45. The molecule has 1 atom stereocenters. The number of hydrogen-bond acceptors (Lipinski definition) is 4. The normalized spacial score (nSPS) is 22.9. The smallest absolute Gasteiger partial charge is 0.326 e. The van der Waals surface area contributed by atoms with Crippen LogP contribution in [-0.4, -0.2) is 48.3 Å². The summed E-state index contributed by atoms with van der Waals surface area (Å²) >= 11 is 0. The highest BCUT2D eigenvalue weighted by Gasteiger charge is 2.34. The van der Waals surface area contributed by atoms with Gasteiger partial charge in [0.1, 0.15) is 12.6 Å². The predicted octanol–water partition coefficient (Wildman–Crippen LogP) is -0.266. The van der Waals surface area contributed by atoms with Gasteiger partial charge in [0.25, 0.3) is 0 Å². The summed E-state index contributed by atoms with van der Waals surface area (Å²) in [7, 11) is 0. The van der Waals surface area contributed by atoms with Crippen molar-refractivity contribution in [1.82, 2.24) is 10.6 Å². The van der Waals surface area contributed by atoms with Gasteiger partial charge in [-0.1, -0.05) is 12.8 Å². The Morgan fingerprint density at radius 1 is 1.50 bits per heavy atom. The summed E-state index contributed by atoms with van der Waals surface area (Å²) in [5, 5.41) is 14.6. The summed E-state index contributed by atoms with van der Waals surface area (Å²) < 4.78 is 5.46. The SMILES string of the molecule is CC1(OCC(=O)N[C@@H](CC2CC2)C(=O)O)CNC1. The highest BCUT2D eigenvalue weighted by atomic mass is 16.5. The third kappa shape index (κ3) is 3.68. The lowest BCUT2D eigenvalue weighted by Crippen LogP contribution is -2.60. The van der Waals surface area contributed by atoms with Crippen molar-refractivity contribution >= 4 is 11.9 Å². The van der Waals surface area contributed by atoms with Crippen LogP contribution in [0.3, 0.4) is 0 Å². The Balaban J connectivity index is 1.71.